The van der Waals surface area contributed by atoms with Crippen LogP contribution < -0.4 is 10.1 Å². The van der Waals surface area contributed by atoms with Crippen LogP contribution in [0.15, 0.2) is 84.9 Å². The van der Waals surface area contributed by atoms with Gasteiger partial charge in [0.25, 0.3) is 6.69 Å². The summed E-state index contributed by atoms with van der Waals surface area (Å²) >= 11 is 13.0. The third kappa shape index (κ3) is 3.67. The van der Waals surface area contributed by atoms with Crippen LogP contribution in [0.25, 0.3) is 0 Å². The number of para-hydroxylation sites is 2. The van der Waals surface area contributed by atoms with E-state index in [9.17, 15) is 0 Å². The van der Waals surface area contributed by atoms with Gasteiger partial charge in [-0.1, -0.05) is 55.5 Å². The molecule has 0 saturated carbocycles. The normalized spacial score (nSPS) is 11.3. The quantitative estimate of drug-likeness (QED) is 0.375. The van der Waals surface area contributed by atoms with E-state index in [1.54, 1.807) is 0 Å². The lowest BCUT2D eigenvalue weighted by atomic mass is 10.2. The van der Waals surface area contributed by atoms with Crippen LogP contribution in [0.1, 0.15) is 6.92 Å². The van der Waals surface area contributed by atoms with E-state index in [0.717, 1.165) is 28.3 Å². The minimum absolute atomic E-state index is 0.802. The highest BCUT2D eigenvalue weighted by atomic mass is 35.7. The highest BCUT2D eigenvalue weighted by molar-refractivity contribution is 7.50. The Morgan fingerprint density at radius 1 is 0.667 bits per heavy atom. The first kappa shape index (κ1) is 17.1. The molecule has 0 aliphatic rings. The summed E-state index contributed by atoms with van der Waals surface area (Å²) in [5, 5.41) is 1.05. The SMILES string of the molecule is CC[Si](Cl)(Cl)c1ccc(N(c2ccccc2)c2ccccc2)cc1. The van der Waals surface area contributed by atoms with Crippen molar-refractivity contribution >= 4 is 51.1 Å². The maximum absolute atomic E-state index is 6.50. The summed E-state index contributed by atoms with van der Waals surface area (Å²) in [6.07, 6.45) is 0. The van der Waals surface area contributed by atoms with E-state index in [4.69, 9.17) is 22.2 Å². The Morgan fingerprint density at radius 3 is 1.50 bits per heavy atom. The van der Waals surface area contributed by atoms with Crippen LogP contribution >= 0.6 is 22.2 Å². The first-order chi connectivity index (χ1) is 11.6. The molecule has 0 unspecified atom stereocenters. The van der Waals surface area contributed by atoms with Crippen molar-refractivity contribution in [2.45, 2.75) is 13.0 Å². The Bertz CT molecular complexity index is 734. The Balaban J connectivity index is 2.04. The standard InChI is InChI=1S/C20H19Cl2NSi/c1-2-24(21,22)20-15-13-19(14-16-20)23(17-9-5-3-6-10-17)18-11-7-4-8-12-18/h3-16H,2H2,1H3. The summed E-state index contributed by atoms with van der Waals surface area (Å²) in [6, 6.07) is 29.8. The zero-order valence-electron chi connectivity index (χ0n) is 13.5. The van der Waals surface area contributed by atoms with Crippen LogP contribution in [-0.2, 0) is 0 Å². The van der Waals surface area contributed by atoms with Gasteiger partial charge in [-0.2, -0.15) is 0 Å². The van der Waals surface area contributed by atoms with Gasteiger partial charge >= 0.3 is 0 Å². The molecule has 0 bridgehead atoms. The molecule has 0 spiro atoms. The van der Waals surface area contributed by atoms with Crippen molar-refractivity contribution in [2.24, 2.45) is 0 Å². The van der Waals surface area contributed by atoms with Gasteiger partial charge in [-0.15, -0.1) is 22.2 Å². The van der Waals surface area contributed by atoms with Crippen LogP contribution in [0.5, 0.6) is 0 Å². The molecule has 0 fully saturated rings. The number of anilines is 3. The van der Waals surface area contributed by atoms with Crippen molar-refractivity contribution in [3.8, 4) is 0 Å². The van der Waals surface area contributed by atoms with E-state index in [1.807, 2.05) is 43.3 Å². The number of rotatable bonds is 5. The van der Waals surface area contributed by atoms with Gasteiger partial charge in [0.2, 0.25) is 0 Å². The van der Waals surface area contributed by atoms with E-state index in [0.29, 0.717) is 0 Å². The molecule has 0 atom stereocenters. The molecule has 0 saturated heterocycles. The lowest BCUT2D eigenvalue weighted by Crippen LogP contribution is -2.35. The van der Waals surface area contributed by atoms with E-state index in [2.05, 4.69) is 53.4 Å². The minimum Gasteiger partial charge on any atom is -0.311 e. The maximum atomic E-state index is 6.50. The third-order valence-corrected chi connectivity index (χ3v) is 9.00. The summed E-state index contributed by atoms with van der Waals surface area (Å²) in [6.45, 7) is -0.302. The highest BCUT2D eigenvalue weighted by Crippen LogP contribution is 2.34. The number of hydrogen-bond donors (Lipinski definition) is 0. The largest absolute Gasteiger partial charge is 0.311 e. The van der Waals surface area contributed by atoms with Gasteiger partial charge in [0.1, 0.15) is 0 Å². The second-order valence-electron chi connectivity index (χ2n) is 5.61. The molecule has 3 rings (SSSR count). The zero-order valence-corrected chi connectivity index (χ0v) is 16.0. The molecular weight excluding hydrogens is 353 g/mol. The van der Waals surface area contributed by atoms with Crippen molar-refractivity contribution in [2.75, 3.05) is 4.90 Å². The Morgan fingerprint density at radius 2 is 1.08 bits per heavy atom. The van der Waals surface area contributed by atoms with Crippen LogP contribution in [0.3, 0.4) is 0 Å². The molecule has 0 aromatic heterocycles. The Labute approximate surface area is 153 Å². The van der Waals surface area contributed by atoms with Gasteiger partial charge in [-0.3, -0.25) is 0 Å². The number of halogens is 2. The summed E-state index contributed by atoms with van der Waals surface area (Å²) in [5.41, 5.74) is 3.32. The lowest BCUT2D eigenvalue weighted by Gasteiger charge is -2.26. The maximum Gasteiger partial charge on any atom is 0.280 e. The fraction of sp³-hybridized carbons (Fsp3) is 0.100. The van der Waals surface area contributed by atoms with Gasteiger partial charge in [0.15, 0.2) is 0 Å². The second-order valence-corrected chi connectivity index (χ2v) is 12.8. The van der Waals surface area contributed by atoms with Crippen molar-refractivity contribution in [3.05, 3.63) is 84.9 Å². The third-order valence-electron chi connectivity index (χ3n) is 4.02. The average Bonchev–Trinajstić information content (AvgIpc) is 2.64. The fourth-order valence-electron chi connectivity index (χ4n) is 2.66. The average molecular weight is 372 g/mol. The Hall–Kier alpha value is -1.74. The monoisotopic (exact) mass is 371 g/mol. The lowest BCUT2D eigenvalue weighted by molar-refractivity contribution is 1.28. The van der Waals surface area contributed by atoms with E-state index < -0.39 is 6.69 Å². The van der Waals surface area contributed by atoms with Crippen LogP contribution in [0.4, 0.5) is 17.1 Å². The van der Waals surface area contributed by atoms with Crippen molar-refractivity contribution < 1.29 is 0 Å². The zero-order chi connectivity index (χ0) is 17.0. The molecule has 0 aliphatic heterocycles. The topological polar surface area (TPSA) is 3.24 Å². The van der Waals surface area contributed by atoms with Gasteiger partial charge in [-0.05, 0) is 47.6 Å². The van der Waals surface area contributed by atoms with Gasteiger partial charge in [0.05, 0.1) is 0 Å². The molecule has 3 aromatic rings. The molecular formula is C20H19Cl2NSi. The number of hydrogen-bond acceptors (Lipinski definition) is 1. The molecule has 0 radical (unpaired) electrons. The van der Waals surface area contributed by atoms with Crippen molar-refractivity contribution in [3.63, 3.8) is 0 Å². The molecule has 0 N–H and O–H groups in total. The minimum atomic E-state index is -2.34. The van der Waals surface area contributed by atoms with Crippen molar-refractivity contribution in [1.82, 2.24) is 0 Å². The summed E-state index contributed by atoms with van der Waals surface area (Å²) in [7, 11) is 0. The summed E-state index contributed by atoms with van der Waals surface area (Å²) < 4.78 is 0. The van der Waals surface area contributed by atoms with E-state index >= 15 is 0 Å². The number of benzene rings is 3. The molecule has 122 valence electrons. The molecule has 24 heavy (non-hydrogen) atoms. The summed E-state index contributed by atoms with van der Waals surface area (Å²) in [5.74, 6) is 0. The first-order valence-electron chi connectivity index (χ1n) is 8.00. The van der Waals surface area contributed by atoms with Gasteiger partial charge < -0.3 is 4.90 Å². The Kier molecular flexibility index (Phi) is 5.29. The first-order valence-corrected chi connectivity index (χ1v) is 12.2. The van der Waals surface area contributed by atoms with Crippen LogP contribution in [0, 0.1) is 0 Å². The van der Waals surface area contributed by atoms with Gasteiger partial charge in [0, 0.05) is 17.1 Å². The van der Waals surface area contributed by atoms with E-state index in [-0.39, 0.29) is 0 Å². The highest BCUT2D eigenvalue weighted by Gasteiger charge is 2.28. The van der Waals surface area contributed by atoms with Gasteiger partial charge in [-0.25, -0.2) is 0 Å². The molecule has 1 nitrogen and oxygen atoms in total. The molecule has 3 aromatic carbocycles. The number of nitrogens with zero attached hydrogens (tertiary/aromatic N) is 1. The smallest absolute Gasteiger partial charge is 0.280 e. The van der Waals surface area contributed by atoms with E-state index in [1.165, 1.54) is 0 Å². The predicted octanol–water partition coefficient (Wildman–Crippen LogP) is 6.30. The molecule has 0 aliphatic carbocycles. The van der Waals surface area contributed by atoms with Crippen molar-refractivity contribution in [1.29, 1.82) is 0 Å². The second kappa shape index (κ2) is 7.43. The molecule has 0 amide bonds. The van der Waals surface area contributed by atoms with Crippen LogP contribution in [0.2, 0.25) is 6.04 Å². The fourth-order valence-corrected chi connectivity index (χ4v) is 4.48. The molecule has 0 heterocycles. The predicted molar refractivity (Wildman–Crippen MR) is 109 cm³/mol. The summed E-state index contributed by atoms with van der Waals surface area (Å²) in [4.78, 5) is 2.22. The molecule has 4 heteroatoms. The van der Waals surface area contributed by atoms with Crippen LogP contribution in [-0.4, -0.2) is 6.69 Å².